The van der Waals surface area contributed by atoms with Gasteiger partial charge in [0.25, 0.3) is 0 Å². The molecular weight excluding hydrogens is 306 g/mol. The number of nitrogens with two attached hydrogens (primary N) is 1. The van der Waals surface area contributed by atoms with Gasteiger partial charge in [-0.3, -0.25) is 4.72 Å². The number of sulfonamides is 2. The van der Waals surface area contributed by atoms with E-state index in [0.29, 0.717) is 0 Å². The number of nitrogens with zero attached hydrogens (tertiary/aromatic N) is 1. The molecule has 1 unspecified atom stereocenters. The zero-order chi connectivity index (χ0) is 15.6. The van der Waals surface area contributed by atoms with Crippen LogP contribution in [0.15, 0.2) is 23.1 Å². The number of anilines is 1. The number of benzene rings is 1. The van der Waals surface area contributed by atoms with Gasteiger partial charge in [-0.15, -0.1) is 0 Å². The summed E-state index contributed by atoms with van der Waals surface area (Å²) in [6.45, 7) is 1.19. The van der Waals surface area contributed by atoms with Crippen molar-refractivity contribution in [2.45, 2.75) is 17.1 Å². The second-order valence-corrected chi connectivity index (χ2v) is 7.39. The van der Waals surface area contributed by atoms with Crippen LogP contribution in [-0.2, 0) is 20.0 Å². The third kappa shape index (κ3) is 3.60. The molecule has 8 nitrogen and oxygen atoms in total. The molecule has 1 aromatic carbocycles. The Balaban J connectivity index is 3.34. The van der Waals surface area contributed by atoms with E-state index in [1.807, 2.05) is 0 Å². The Morgan fingerprint density at radius 2 is 1.95 bits per heavy atom. The van der Waals surface area contributed by atoms with E-state index in [1.165, 1.54) is 26.2 Å². The first-order chi connectivity index (χ1) is 9.11. The van der Waals surface area contributed by atoms with Gasteiger partial charge in [0, 0.05) is 0 Å². The third-order valence-electron chi connectivity index (χ3n) is 2.40. The van der Waals surface area contributed by atoms with Crippen molar-refractivity contribution in [3.05, 3.63) is 18.2 Å². The molecule has 0 amide bonds. The fraction of sp³-hybridized carbons (Fsp3) is 0.300. The zero-order valence-electron chi connectivity index (χ0n) is 10.7. The highest BCUT2D eigenvalue weighted by molar-refractivity contribution is 7.93. The van der Waals surface area contributed by atoms with Crippen LogP contribution in [0.3, 0.4) is 0 Å². The summed E-state index contributed by atoms with van der Waals surface area (Å²) >= 11 is 0. The first-order valence-corrected chi connectivity index (χ1v) is 8.33. The standard InChI is InChI=1S/C10H13N3O5S2/c1-7(6-11)20(16,17)13-9-5-8(19(12,14)15)3-4-10(9)18-2/h3-5,7,13H,1-2H3,(H2,12,14,15). The predicted molar refractivity (Wildman–Crippen MR) is 72.0 cm³/mol. The lowest BCUT2D eigenvalue weighted by Gasteiger charge is -2.13. The number of nitrogens with one attached hydrogen (secondary N) is 1. The lowest BCUT2D eigenvalue weighted by atomic mass is 10.3. The smallest absolute Gasteiger partial charge is 0.248 e. The van der Waals surface area contributed by atoms with Gasteiger partial charge in [-0.2, -0.15) is 5.26 Å². The van der Waals surface area contributed by atoms with Crippen LogP contribution in [0, 0.1) is 11.3 Å². The Labute approximate surface area is 117 Å². The number of ether oxygens (including phenoxy) is 1. The van der Waals surface area contributed by atoms with E-state index in [-0.39, 0.29) is 16.3 Å². The quantitative estimate of drug-likeness (QED) is 0.782. The minimum Gasteiger partial charge on any atom is -0.495 e. The van der Waals surface area contributed by atoms with Crippen LogP contribution in [0.1, 0.15) is 6.92 Å². The van der Waals surface area contributed by atoms with Crippen molar-refractivity contribution in [2.75, 3.05) is 11.8 Å². The van der Waals surface area contributed by atoms with Gasteiger partial charge in [-0.25, -0.2) is 22.0 Å². The summed E-state index contributed by atoms with van der Waals surface area (Å²) in [5.41, 5.74) is -0.110. The molecule has 20 heavy (non-hydrogen) atoms. The Bertz CT molecular complexity index is 750. The van der Waals surface area contributed by atoms with Crippen molar-refractivity contribution in [3.63, 3.8) is 0 Å². The molecule has 0 fully saturated rings. The van der Waals surface area contributed by atoms with Crippen LogP contribution in [0.4, 0.5) is 5.69 Å². The normalized spacial score (nSPS) is 13.3. The third-order valence-corrected chi connectivity index (χ3v) is 4.85. The molecule has 1 rings (SSSR count). The van der Waals surface area contributed by atoms with Crippen molar-refractivity contribution in [2.24, 2.45) is 5.14 Å². The highest BCUT2D eigenvalue weighted by atomic mass is 32.2. The Hall–Kier alpha value is -1.83. The van der Waals surface area contributed by atoms with Gasteiger partial charge >= 0.3 is 0 Å². The van der Waals surface area contributed by atoms with Crippen LogP contribution >= 0.6 is 0 Å². The molecule has 0 aromatic heterocycles. The van der Waals surface area contributed by atoms with E-state index in [1.54, 1.807) is 6.07 Å². The van der Waals surface area contributed by atoms with Crippen molar-refractivity contribution < 1.29 is 21.6 Å². The maximum Gasteiger partial charge on any atom is 0.248 e. The highest BCUT2D eigenvalue weighted by Crippen LogP contribution is 2.28. The minimum absolute atomic E-state index is 0.103. The maximum atomic E-state index is 11.8. The molecule has 3 N–H and O–H groups in total. The Morgan fingerprint density at radius 3 is 2.40 bits per heavy atom. The molecule has 0 bridgehead atoms. The lowest BCUT2D eigenvalue weighted by molar-refractivity contribution is 0.416. The average Bonchev–Trinajstić information content (AvgIpc) is 2.36. The average molecular weight is 319 g/mol. The second kappa shape index (κ2) is 5.66. The van der Waals surface area contributed by atoms with E-state index >= 15 is 0 Å². The molecule has 0 spiro atoms. The Morgan fingerprint density at radius 1 is 1.35 bits per heavy atom. The molecule has 0 heterocycles. The summed E-state index contributed by atoms with van der Waals surface area (Å²) in [4.78, 5) is -0.277. The molecule has 0 aliphatic rings. The van der Waals surface area contributed by atoms with E-state index in [4.69, 9.17) is 15.1 Å². The molecule has 10 heteroatoms. The van der Waals surface area contributed by atoms with Gasteiger partial charge in [0.15, 0.2) is 5.25 Å². The number of primary sulfonamides is 1. The molecule has 110 valence electrons. The Kier molecular flexibility index (Phi) is 4.59. The molecule has 0 aliphatic carbocycles. The summed E-state index contributed by atoms with van der Waals surface area (Å²) in [5, 5.41) is 12.3. The van der Waals surface area contributed by atoms with Crippen molar-refractivity contribution in [1.29, 1.82) is 5.26 Å². The second-order valence-electron chi connectivity index (χ2n) is 3.83. The molecule has 1 aromatic rings. The fourth-order valence-corrected chi connectivity index (χ4v) is 2.58. The first-order valence-electron chi connectivity index (χ1n) is 5.24. The van der Waals surface area contributed by atoms with Gasteiger partial charge in [-0.05, 0) is 25.1 Å². The molecule has 1 atom stereocenters. The summed E-state index contributed by atoms with van der Waals surface area (Å²) in [6.07, 6.45) is 0. The van der Waals surface area contributed by atoms with E-state index in [2.05, 4.69) is 4.72 Å². The van der Waals surface area contributed by atoms with Crippen molar-refractivity contribution >= 4 is 25.7 Å². The SMILES string of the molecule is COc1ccc(S(N)(=O)=O)cc1NS(=O)(=O)C(C)C#N. The van der Waals surface area contributed by atoms with Crippen LogP contribution < -0.4 is 14.6 Å². The van der Waals surface area contributed by atoms with Crippen LogP contribution in [0.5, 0.6) is 5.75 Å². The summed E-state index contributed by atoms with van der Waals surface area (Å²) < 4.78 is 53.1. The zero-order valence-corrected chi connectivity index (χ0v) is 12.3. The van der Waals surface area contributed by atoms with E-state index in [9.17, 15) is 16.8 Å². The summed E-state index contributed by atoms with van der Waals surface area (Å²) in [6, 6.07) is 5.04. The molecule has 0 saturated carbocycles. The number of methoxy groups -OCH3 is 1. The largest absolute Gasteiger partial charge is 0.495 e. The minimum atomic E-state index is -3.99. The van der Waals surface area contributed by atoms with Crippen LogP contribution in [0.2, 0.25) is 0 Å². The van der Waals surface area contributed by atoms with Crippen molar-refractivity contribution in [3.8, 4) is 11.8 Å². The number of nitriles is 1. The highest BCUT2D eigenvalue weighted by Gasteiger charge is 2.22. The molecule has 0 saturated heterocycles. The maximum absolute atomic E-state index is 11.8. The molecular formula is C10H13N3O5S2. The van der Waals surface area contributed by atoms with E-state index in [0.717, 1.165) is 6.07 Å². The number of hydrogen-bond donors (Lipinski definition) is 2. The van der Waals surface area contributed by atoms with Crippen molar-refractivity contribution in [1.82, 2.24) is 0 Å². The van der Waals surface area contributed by atoms with Gasteiger partial charge in [-0.1, -0.05) is 0 Å². The van der Waals surface area contributed by atoms with Gasteiger partial charge < -0.3 is 4.74 Å². The summed E-state index contributed by atoms with van der Waals surface area (Å²) in [5.74, 6) is 0.103. The lowest BCUT2D eigenvalue weighted by Crippen LogP contribution is -2.24. The van der Waals surface area contributed by atoms with Crippen LogP contribution in [0.25, 0.3) is 0 Å². The van der Waals surface area contributed by atoms with Crippen LogP contribution in [-0.4, -0.2) is 29.2 Å². The summed E-state index contributed by atoms with van der Waals surface area (Å²) in [7, 11) is -6.68. The van der Waals surface area contributed by atoms with Gasteiger partial charge in [0.1, 0.15) is 5.75 Å². The number of rotatable bonds is 5. The number of hydrogen-bond acceptors (Lipinski definition) is 6. The molecule has 0 radical (unpaired) electrons. The van der Waals surface area contributed by atoms with Gasteiger partial charge in [0.2, 0.25) is 20.0 Å². The predicted octanol–water partition coefficient (Wildman–Crippen LogP) is -0.00362. The first kappa shape index (κ1) is 16.2. The van der Waals surface area contributed by atoms with Gasteiger partial charge in [0.05, 0.1) is 23.8 Å². The monoisotopic (exact) mass is 319 g/mol. The molecule has 0 aliphatic heterocycles. The fourth-order valence-electron chi connectivity index (χ4n) is 1.25. The topological polar surface area (TPSA) is 139 Å². The van der Waals surface area contributed by atoms with E-state index < -0.39 is 25.3 Å².